The SMILES string of the molecule is COC(=O)C1=C(CS(=O)(=O)c2ccc(Cl)s2)NC(=O)NC1c1ccccc1. The second-order valence-corrected chi connectivity index (χ2v) is 9.58. The number of ether oxygens (including phenoxy) is 1. The number of carbonyl (C=O) groups excluding carboxylic acids is 2. The van der Waals surface area contributed by atoms with Crippen LogP contribution < -0.4 is 10.6 Å². The van der Waals surface area contributed by atoms with Gasteiger partial charge in [0.15, 0.2) is 9.84 Å². The number of thiophene rings is 1. The zero-order valence-corrected chi connectivity index (χ0v) is 16.5. The number of rotatable bonds is 5. The van der Waals surface area contributed by atoms with Crippen LogP contribution in [0.15, 0.2) is 57.9 Å². The Morgan fingerprint density at radius 1 is 1.22 bits per heavy atom. The van der Waals surface area contributed by atoms with Crippen LogP contribution in [-0.2, 0) is 19.4 Å². The summed E-state index contributed by atoms with van der Waals surface area (Å²) < 4.78 is 30.6. The molecule has 2 heterocycles. The van der Waals surface area contributed by atoms with Gasteiger partial charge in [-0.05, 0) is 17.7 Å². The average Bonchev–Trinajstić information content (AvgIpc) is 3.08. The van der Waals surface area contributed by atoms with E-state index in [-0.39, 0.29) is 15.5 Å². The number of carbonyl (C=O) groups is 2. The molecule has 0 fully saturated rings. The molecule has 1 atom stereocenters. The largest absolute Gasteiger partial charge is 0.466 e. The molecule has 2 aromatic rings. The molecule has 0 bridgehead atoms. The van der Waals surface area contributed by atoms with Crippen molar-refractivity contribution in [3.8, 4) is 0 Å². The molecule has 1 aliphatic heterocycles. The Kier molecular flexibility index (Phi) is 5.54. The lowest BCUT2D eigenvalue weighted by Gasteiger charge is -2.29. The Balaban J connectivity index is 2.08. The fraction of sp³-hybridized carbons (Fsp3) is 0.176. The molecular formula is C17H15ClN2O5S2. The fourth-order valence-corrected chi connectivity index (χ4v) is 5.60. The van der Waals surface area contributed by atoms with E-state index in [0.717, 1.165) is 11.3 Å². The van der Waals surface area contributed by atoms with Gasteiger partial charge in [-0.2, -0.15) is 0 Å². The number of amides is 2. The lowest BCUT2D eigenvalue weighted by molar-refractivity contribution is -0.136. The second-order valence-electron chi connectivity index (χ2n) is 5.64. The number of hydrogen-bond donors (Lipinski definition) is 2. The average molecular weight is 427 g/mol. The molecule has 1 aromatic carbocycles. The monoisotopic (exact) mass is 426 g/mol. The number of hydrogen-bond acceptors (Lipinski definition) is 6. The smallest absolute Gasteiger partial charge is 0.338 e. The van der Waals surface area contributed by atoms with Crippen molar-refractivity contribution in [1.82, 2.24) is 10.6 Å². The van der Waals surface area contributed by atoms with Crippen LogP contribution in [0, 0.1) is 0 Å². The fourth-order valence-electron chi connectivity index (χ4n) is 2.70. The molecule has 0 radical (unpaired) electrons. The van der Waals surface area contributed by atoms with E-state index in [2.05, 4.69) is 10.6 Å². The molecule has 0 saturated heterocycles. The number of halogens is 1. The summed E-state index contributed by atoms with van der Waals surface area (Å²) in [6, 6.07) is 10.2. The van der Waals surface area contributed by atoms with Crippen LogP contribution in [0.4, 0.5) is 4.79 Å². The van der Waals surface area contributed by atoms with E-state index in [9.17, 15) is 18.0 Å². The number of methoxy groups -OCH3 is 1. The van der Waals surface area contributed by atoms with Gasteiger partial charge in [-0.3, -0.25) is 0 Å². The van der Waals surface area contributed by atoms with Crippen LogP contribution >= 0.6 is 22.9 Å². The topological polar surface area (TPSA) is 102 Å². The van der Waals surface area contributed by atoms with Crippen molar-refractivity contribution < 1.29 is 22.7 Å². The van der Waals surface area contributed by atoms with E-state index in [1.807, 2.05) is 0 Å². The molecule has 2 amide bonds. The Morgan fingerprint density at radius 2 is 1.93 bits per heavy atom. The summed E-state index contributed by atoms with van der Waals surface area (Å²) in [5.41, 5.74) is 0.639. The van der Waals surface area contributed by atoms with Gasteiger partial charge < -0.3 is 15.4 Å². The highest BCUT2D eigenvalue weighted by Crippen LogP contribution is 2.31. The molecule has 2 N–H and O–H groups in total. The van der Waals surface area contributed by atoms with Gasteiger partial charge in [-0.15, -0.1) is 11.3 Å². The predicted octanol–water partition coefficient (Wildman–Crippen LogP) is 2.66. The molecule has 0 spiro atoms. The molecule has 0 saturated carbocycles. The van der Waals surface area contributed by atoms with Crippen molar-refractivity contribution in [2.45, 2.75) is 10.3 Å². The molecule has 10 heteroatoms. The molecule has 142 valence electrons. The molecule has 1 unspecified atom stereocenters. The second kappa shape index (κ2) is 7.71. The van der Waals surface area contributed by atoms with Gasteiger partial charge in [0, 0.05) is 5.70 Å². The molecule has 7 nitrogen and oxygen atoms in total. The molecule has 1 aromatic heterocycles. The minimum atomic E-state index is -3.82. The van der Waals surface area contributed by atoms with Crippen molar-refractivity contribution in [2.24, 2.45) is 0 Å². The number of sulfone groups is 1. The number of urea groups is 1. The summed E-state index contributed by atoms with van der Waals surface area (Å²) in [7, 11) is -2.62. The third kappa shape index (κ3) is 4.15. The van der Waals surface area contributed by atoms with Crippen molar-refractivity contribution in [1.29, 1.82) is 0 Å². The van der Waals surface area contributed by atoms with Gasteiger partial charge in [0.25, 0.3) is 0 Å². The van der Waals surface area contributed by atoms with Gasteiger partial charge >= 0.3 is 12.0 Å². The van der Waals surface area contributed by atoms with Gasteiger partial charge in [-0.25, -0.2) is 18.0 Å². The standard InChI is InChI=1S/C17H15ClN2O5S2/c1-25-16(21)14-11(9-27(23,24)13-8-7-12(18)26-13)19-17(22)20-15(14)10-5-3-2-4-6-10/h2-8,15H,9H2,1H3,(H2,19,20,22). The number of nitrogens with one attached hydrogen (secondary N) is 2. The Hall–Kier alpha value is -2.36. The van der Waals surface area contributed by atoms with Gasteiger partial charge in [0.2, 0.25) is 0 Å². The first-order chi connectivity index (χ1) is 12.8. The highest BCUT2D eigenvalue weighted by molar-refractivity contribution is 7.93. The van der Waals surface area contributed by atoms with Crippen LogP contribution in [0.25, 0.3) is 0 Å². The van der Waals surface area contributed by atoms with Crippen LogP contribution in [0.1, 0.15) is 11.6 Å². The highest BCUT2D eigenvalue weighted by atomic mass is 35.5. The van der Waals surface area contributed by atoms with E-state index in [1.165, 1.54) is 19.2 Å². The summed E-state index contributed by atoms with van der Waals surface area (Å²) in [4.78, 5) is 24.5. The van der Waals surface area contributed by atoms with E-state index in [0.29, 0.717) is 9.90 Å². The first kappa shape index (κ1) is 19.4. The van der Waals surface area contributed by atoms with Gasteiger partial charge in [-0.1, -0.05) is 41.9 Å². The maximum atomic E-state index is 12.7. The maximum absolute atomic E-state index is 12.7. The van der Waals surface area contributed by atoms with Crippen LogP contribution in [0.3, 0.4) is 0 Å². The molecular weight excluding hydrogens is 412 g/mol. The summed E-state index contributed by atoms with van der Waals surface area (Å²) >= 11 is 6.73. The van der Waals surface area contributed by atoms with Crippen LogP contribution in [0.5, 0.6) is 0 Å². The molecule has 1 aliphatic rings. The Labute approximate surface area is 164 Å². The molecule has 27 heavy (non-hydrogen) atoms. The number of esters is 1. The third-order valence-corrected chi connectivity index (χ3v) is 7.34. The zero-order chi connectivity index (χ0) is 19.6. The summed E-state index contributed by atoms with van der Waals surface area (Å²) in [5.74, 6) is -1.30. The van der Waals surface area contributed by atoms with Crippen molar-refractivity contribution in [2.75, 3.05) is 12.9 Å². The van der Waals surface area contributed by atoms with Gasteiger partial charge in [0.1, 0.15) is 4.21 Å². The van der Waals surface area contributed by atoms with Crippen LogP contribution in [0.2, 0.25) is 4.34 Å². The minimum absolute atomic E-state index is 0.0241. The van der Waals surface area contributed by atoms with E-state index < -0.39 is 33.6 Å². The first-order valence-corrected chi connectivity index (χ1v) is 10.6. The predicted molar refractivity (Wildman–Crippen MR) is 101 cm³/mol. The van der Waals surface area contributed by atoms with Crippen molar-refractivity contribution >= 4 is 44.8 Å². The van der Waals surface area contributed by atoms with Crippen molar-refractivity contribution in [3.05, 3.63) is 63.6 Å². The van der Waals surface area contributed by atoms with Crippen LogP contribution in [-0.4, -0.2) is 33.3 Å². The lowest BCUT2D eigenvalue weighted by atomic mass is 9.96. The maximum Gasteiger partial charge on any atom is 0.338 e. The Bertz CT molecular complexity index is 1010. The van der Waals surface area contributed by atoms with Gasteiger partial charge in [0.05, 0.1) is 28.8 Å². The molecule has 3 rings (SSSR count). The summed E-state index contributed by atoms with van der Waals surface area (Å²) in [6.45, 7) is 0. The number of benzene rings is 1. The normalized spacial score (nSPS) is 17.3. The highest BCUT2D eigenvalue weighted by Gasteiger charge is 2.35. The lowest BCUT2D eigenvalue weighted by Crippen LogP contribution is -2.47. The third-order valence-electron chi connectivity index (χ3n) is 3.88. The van der Waals surface area contributed by atoms with Crippen molar-refractivity contribution in [3.63, 3.8) is 0 Å². The van der Waals surface area contributed by atoms with E-state index in [4.69, 9.17) is 16.3 Å². The van der Waals surface area contributed by atoms with E-state index in [1.54, 1.807) is 30.3 Å². The van der Waals surface area contributed by atoms with E-state index >= 15 is 0 Å². The summed E-state index contributed by atoms with van der Waals surface area (Å²) in [5, 5.41) is 5.07. The summed E-state index contributed by atoms with van der Waals surface area (Å²) in [6.07, 6.45) is 0. The zero-order valence-electron chi connectivity index (χ0n) is 14.1. The molecule has 0 aliphatic carbocycles. The first-order valence-electron chi connectivity index (χ1n) is 7.73. The Morgan fingerprint density at radius 3 is 2.52 bits per heavy atom. The quantitative estimate of drug-likeness (QED) is 0.715. The minimum Gasteiger partial charge on any atom is -0.466 e.